The number of halogens is 2. The van der Waals surface area contributed by atoms with E-state index in [9.17, 15) is 18.7 Å². The normalized spacial score (nSPS) is 16.5. The fourth-order valence-corrected chi connectivity index (χ4v) is 5.88. The molecule has 2 fully saturated rings. The highest BCUT2D eigenvalue weighted by molar-refractivity contribution is 7.12. The van der Waals surface area contributed by atoms with Gasteiger partial charge in [-0.05, 0) is 80.3 Å². The summed E-state index contributed by atoms with van der Waals surface area (Å²) in [6, 6.07) is 9.98. The molecule has 6 rings (SSSR count). The number of thiazole rings is 1. The van der Waals surface area contributed by atoms with E-state index in [1.165, 1.54) is 28.8 Å². The van der Waals surface area contributed by atoms with Crippen LogP contribution in [0.3, 0.4) is 0 Å². The van der Waals surface area contributed by atoms with Crippen LogP contribution in [-0.2, 0) is 17.6 Å². The second-order valence-corrected chi connectivity index (χ2v) is 11.6. The first kappa shape index (κ1) is 27.3. The number of ether oxygens (including phenoxy) is 1. The average Bonchev–Trinajstić information content (AvgIpc) is 3.30. The third kappa shape index (κ3) is 6.09. The third-order valence-electron chi connectivity index (χ3n) is 7.59. The molecule has 1 N–H and O–H groups in total. The molecule has 2 aromatic heterocycles. The maximum absolute atomic E-state index is 14.9. The summed E-state index contributed by atoms with van der Waals surface area (Å²) in [6.45, 7) is 2.46. The van der Waals surface area contributed by atoms with E-state index in [1.54, 1.807) is 29.8 Å². The molecule has 1 unspecified atom stereocenters. The van der Waals surface area contributed by atoms with Gasteiger partial charge in [0.05, 0.1) is 23.1 Å². The number of nitrogens with zero attached hydrogens (tertiary/aromatic N) is 3. The van der Waals surface area contributed by atoms with Crippen molar-refractivity contribution >= 4 is 17.3 Å². The standard InChI is InChI=1S/C32H29F2N3O3S/c1-19-7-8-21(15-27(19)34)14-25-29(16-20-9-10-20)37(32-35-28(18-41-32)31(38)39)36-30(25)23-11-12-26(33)22(17-23)4-2-5-24-6-3-13-40-24/h7-8,11-12,15,17-18,20,24H,3,5-6,9-10,13-14,16H2,1H3,(H,38,39). The average molecular weight is 574 g/mol. The van der Waals surface area contributed by atoms with Crippen LogP contribution in [-0.4, -0.2) is 38.6 Å². The highest BCUT2D eigenvalue weighted by Gasteiger charge is 2.29. The van der Waals surface area contributed by atoms with Crippen molar-refractivity contribution in [3.8, 4) is 28.2 Å². The van der Waals surface area contributed by atoms with E-state index in [-0.39, 0.29) is 23.2 Å². The molecular formula is C32H29F2N3O3S. The van der Waals surface area contributed by atoms with Crippen LogP contribution in [0.1, 0.15) is 70.5 Å². The number of hydrogen-bond acceptors (Lipinski definition) is 5. The summed E-state index contributed by atoms with van der Waals surface area (Å²) >= 11 is 1.20. The number of aromatic nitrogens is 3. The number of carboxylic acids is 1. The van der Waals surface area contributed by atoms with Crippen LogP contribution in [0.25, 0.3) is 16.4 Å². The quantitative estimate of drug-likeness (QED) is 0.236. The zero-order chi connectivity index (χ0) is 28.5. The first-order valence-electron chi connectivity index (χ1n) is 13.8. The number of hydrogen-bond donors (Lipinski definition) is 1. The zero-order valence-corrected chi connectivity index (χ0v) is 23.4. The lowest BCUT2D eigenvalue weighted by atomic mass is 9.95. The first-order chi connectivity index (χ1) is 19.9. The molecule has 1 aliphatic carbocycles. The van der Waals surface area contributed by atoms with E-state index < -0.39 is 11.8 Å². The van der Waals surface area contributed by atoms with Gasteiger partial charge in [-0.3, -0.25) is 0 Å². The Bertz CT molecular complexity index is 1670. The SMILES string of the molecule is Cc1ccc(Cc2c(-c3ccc(F)c(C#CCC4CCCO4)c3)nn(-c3nc(C(=O)O)cs3)c2CC2CC2)cc1F. The zero-order valence-electron chi connectivity index (χ0n) is 22.6. The largest absolute Gasteiger partial charge is 0.476 e. The summed E-state index contributed by atoms with van der Waals surface area (Å²) in [4.78, 5) is 15.9. The molecule has 1 aliphatic heterocycles. The minimum Gasteiger partial charge on any atom is -0.476 e. The second kappa shape index (κ2) is 11.6. The van der Waals surface area contributed by atoms with E-state index in [0.29, 0.717) is 40.7 Å². The highest BCUT2D eigenvalue weighted by atomic mass is 32.1. The van der Waals surface area contributed by atoms with Gasteiger partial charge in [-0.1, -0.05) is 24.0 Å². The van der Waals surface area contributed by atoms with Crippen molar-refractivity contribution in [2.75, 3.05) is 6.61 Å². The third-order valence-corrected chi connectivity index (χ3v) is 8.41. The molecule has 1 saturated carbocycles. The predicted octanol–water partition coefficient (Wildman–Crippen LogP) is 6.74. The smallest absolute Gasteiger partial charge is 0.355 e. The Morgan fingerprint density at radius 3 is 2.73 bits per heavy atom. The van der Waals surface area contributed by atoms with Crippen molar-refractivity contribution in [1.82, 2.24) is 14.8 Å². The summed E-state index contributed by atoms with van der Waals surface area (Å²) < 4.78 is 36.8. The summed E-state index contributed by atoms with van der Waals surface area (Å²) in [6.07, 6.45) is 5.94. The van der Waals surface area contributed by atoms with Gasteiger partial charge in [-0.25, -0.2) is 23.2 Å². The second-order valence-electron chi connectivity index (χ2n) is 10.7. The number of benzene rings is 2. The minimum absolute atomic E-state index is 0.0489. The van der Waals surface area contributed by atoms with E-state index in [4.69, 9.17) is 9.84 Å². The molecule has 2 aromatic carbocycles. The van der Waals surface area contributed by atoms with Crippen molar-refractivity contribution in [2.24, 2.45) is 5.92 Å². The van der Waals surface area contributed by atoms with Gasteiger partial charge in [0, 0.05) is 36.0 Å². The number of rotatable bonds is 8. The van der Waals surface area contributed by atoms with Gasteiger partial charge in [0.15, 0.2) is 5.69 Å². The van der Waals surface area contributed by atoms with Crippen molar-refractivity contribution in [2.45, 2.75) is 58.0 Å². The van der Waals surface area contributed by atoms with Crippen LogP contribution in [0.2, 0.25) is 0 Å². The summed E-state index contributed by atoms with van der Waals surface area (Å²) in [5.74, 6) is 4.73. The monoisotopic (exact) mass is 573 g/mol. The number of carboxylic acid groups (broad SMARTS) is 1. The van der Waals surface area contributed by atoms with Gasteiger partial charge in [0.25, 0.3) is 0 Å². The lowest BCUT2D eigenvalue weighted by molar-refractivity contribution is 0.0691. The van der Waals surface area contributed by atoms with Crippen LogP contribution < -0.4 is 0 Å². The molecule has 3 heterocycles. The number of aromatic carboxylic acids is 1. The van der Waals surface area contributed by atoms with E-state index in [2.05, 4.69) is 16.8 Å². The maximum Gasteiger partial charge on any atom is 0.355 e. The fraction of sp³-hybridized carbons (Fsp3) is 0.344. The Labute approximate surface area is 241 Å². The van der Waals surface area contributed by atoms with Gasteiger partial charge in [-0.2, -0.15) is 5.10 Å². The molecule has 1 saturated heterocycles. The Kier molecular flexibility index (Phi) is 7.69. The Balaban J connectivity index is 1.46. The fourth-order valence-electron chi connectivity index (χ4n) is 5.11. The van der Waals surface area contributed by atoms with Crippen LogP contribution in [0.15, 0.2) is 41.8 Å². The van der Waals surface area contributed by atoms with Crippen molar-refractivity contribution in [3.63, 3.8) is 0 Å². The van der Waals surface area contributed by atoms with Crippen LogP contribution in [0.4, 0.5) is 8.78 Å². The molecular weight excluding hydrogens is 544 g/mol. The van der Waals surface area contributed by atoms with Crippen LogP contribution >= 0.6 is 11.3 Å². The summed E-state index contributed by atoms with van der Waals surface area (Å²) in [7, 11) is 0. The first-order valence-corrected chi connectivity index (χ1v) is 14.7. The number of aryl methyl sites for hydroxylation is 1. The van der Waals surface area contributed by atoms with Crippen LogP contribution in [0.5, 0.6) is 0 Å². The molecule has 0 bridgehead atoms. The number of carbonyl (C=O) groups is 1. The topological polar surface area (TPSA) is 77.2 Å². The Morgan fingerprint density at radius 1 is 1.17 bits per heavy atom. The Morgan fingerprint density at radius 2 is 2.02 bits per heavy atom. The van der Waals surface area contributed by atoms with Gasteiger partial charge >= 0.3 is 5.97 Å². The molecule has 2 aliphatic rings. The summed E-state index contributed by atoms with van der Waals surface area (Å²) in [5, 5.41) is 16.4. The van der Waals surface area contributed by atoms with Gasteiger partial charge in [0.1, 0.15) is 11.6 Å². The van der Waals surface area contributed by atoms with Crippen LogP contribution in [0, 0.1) is 36.3 Å². The molecule has 1 atom stereocenters. The van der Waals surface area contributed by atoms with E-state index >= 15 is 0 Å². The van der Waals surface area contributed by atoms with Crippen molar-refractivity contribution < 1.29 is 23.4 Å². The highest BCUT2D eigenvalue weighted by Crippen LogP contribution is 2.38. The van der Waals surface area contributed by atoms with E-state index in [0.717, 1.165) is 55.5 Å². The Hall–Kier alpha value is -3.87. The lowest BCUT2D eigenvalue weighted by Gasteiger charge is -2.10. The summed E-state index contributed by atoms with van der Waals surface area (Å²) in [5.41, 5.74) is 4.67. The van der Waals surface area contributed by atoms with Gasteiger partial charge in [0.2, 0.25) is 5.13 Å². The molecule has 210 valence electrons. The van der Waals surface area contributed by atoms with Crippen molar-refractivity contribution in [1.29, 1.82) is 0 Å². The van der Waals surface area contributed by atoms with Gasteiger partial charge in [-0.15, -0.1) is 11.3 Å². The van der Waals surface area contributed by atoms with Gasteiger partial charge < -0.3 is 9.84 Å². The lowest BCUT2D eigenvalue weighted by Crippen LogP contribution is -2.06. The molecule has 41 heavy (non-hydrogen) atoms. The molecule has 0 radical (unpaired) electrons. The molecule has 6 nitrogen and oxygen atoms in total. The maximum atomic E-state index is 14.9. The molecule has 0 amide bonds. The molecule has 9 heteroatoms. The van der Waals surface area contributed by atoms with E-state index in [1.807, 2.05) is 6.07 Å². The molecule has 4 aromatic rings. The van der Waals surface area contributed by atoms with Crippen molar-refractivity contribution in [3.05, 3.63) is 87.1 Å². The minimum atomic E-state index is -1.11. The molecule has 0 spiro atoms. The predicted molar refractivity (Wildman–Crippen MR) is 152 cm³/mol.